The fraction of sp³-hybridized carbons (Fsp3) is 0.923. The van der Waals surface area contributed by atoms with Gasteiger partial charge in [-0.3, -0.25) is 10.1 Å². The second kappa shape index (κ2) is 5.17. The number of carbonyl (C=O) groups is 1. The van der Waals surface area contributed by atoms with E-state index in [1.807, 2.05) is 0 Å². The number of hydrogen-bond acceptors (Lipinski definition) is 2. The van der Waals surface area contributed by atoms with E-state index in [0.717, 1.165) is 25.3 Å². The molecule has 0 aromatic heterocycles. The summed E-state index contributed by atoms with van der Waals surface area (Å²) in [4.78, 5) is 14.2. The molecule has 0 radical (unpaired) electrons. The van der Waals surface area contributed by atoms with Gasteiger partial charge in [-0.25, -0.2) is 0 Å². The van der Waals surface area contributed by atoms with Crippen molar-refractivity contribution in [1.29, 1.82) is 0 Å². The van der Waals surface area contributed by atoms with E-state index in [9.17, 15) is 4.79 Å². The van der Waals surface area contributed by atoms with Crippen LogP contribution in [0.15, 0.2) is 0 Å². The number of amides is 1. The molecular formula is C13H24N2O. The molecule has 1 saturated heterocycles. The van der Waals surface area contributed by atoms with Crippen LogP contribution in [0.5, 0.6) is 0 Å². The molecule has 1 N–H and O–H groups in total. The first kappa shape index (κ1) is 11.9. The van der Waals surface area contributed by atoms with Crippen molar-refractivity contribution in [1.82, 2.24) is 10.2 Å². The predicted octanol–water partition coefficient (Wildman–Crippen LogP) is 2.12. The zero-order chi connectivity index (χ0) is 11.5. The molecule has 1 saturated carbocycles. The predicted molar refractivity (Wildman–Crippen MR) is 65.0 cm³/mol. The number of carbonyl (C=O) groups excluding carboxylic acids is 1. The monoisotopic (exact) mass is 224 g/mol. The second-order valence-electron chi connectivity index (χ2n) is 5.32. The van der Waals surface area contributed by atoms with Gasteiger partial charge in [-0.05, 0) is 32.1 Å². The lowest BCUT2D eigenvalue weighted by molar-refractivity contribution is -0.130. The summed E-state index contributed by atoms with van der Waals surface area (Å²) >= 11 is 0. The van der Waals surface area contributed by atoms with Crippen molar-refractivity contribution >= 4 is 5.91 Å². The average Bonchev–Trinajstić information content (AvgIpc) is 2.84. The van der Waals surface area contributed by atoms with Gasteiger partial charge in [0, 0.05) is 6.54 Å². The molecule has 1 heterocycles. The summed E-state index contributed by atoms with van der Waals surface area (Å²) in [5, 5.41) is 3.40. The SMILES string of the molecule is CCCC1NC(C)N(CC2CCCC2)C1=O. The smallest absolute Gasteiger partial charge is 0.241 e. The van der Waals surface area contributed by atoms with Crippen LogP contribution in [0.1, 0.15) is 52.4 Å². The number of nitrogens with one attached hydrogen (secondary N) is 1. The Labute approximate surface area is 98.6 Å². The maximum atomic E-state index is 12.2. The van der Waals surface area contributed by atoms with Crippen LogP contribution in [-0.4, -0.2) is 29.6 Å². The molecule has 0 bridgehead atoms. The van der Waals surface area contributed by atoms with E-state index in [0.29, 0.717) is 5.91 Å². The third-order valence-corrected chi connectivity index (χ3v) is 4.00. The van der Waals surface area contributed by atoms with Crippen LogP contribution in [-0.2, 0) is 4.79 Å². The van der Waals surface area contributed by atoms with Gasteiger partial charge < -0.3 is 4.90 Å². The Morgan fingerprint density at radius 3 is 2.69 bits per heavy atom. The molecule has 0 aromatic rings. The van der Waals surface area contributed by atoms with Gasteiger partial charge in [0.05, 0.1) is 12.2 Å². The van der Waals surface area contributed by atoms with Crippen molar-refractivity contribution in [2.24, 2.45) is 5.92 Å². The van der Waals surface area contributed by atoms with Gasteiger partial charge in [0.15, 0.2) is 0 Å². The highest BCUT2D eigenvalue weighted by atomic mass is 16.2. The molecule has 1 amide bonds. The molecule has 3 nitrogen and oxygen atoms in total. The quantitative estimate of drug-likeness (QED) is 0.793. The first-order valence-corrected chi connectivity index (χ1v) is 6.79. The fourth-order valence-electron chi connectivity index (χ4n) is 3.06. The lowest BCUT2D eigenvalue weighted by Crippen LogP contribution is -2.37. The van der Waals surface area contributed by atoms with Crippen LogP contribution >= 0.6 is 0 Å². The van der Waals surface area contributed by atoms with E-state index in [2.05, 4.69) is 24.1 Å². The van der Waals surface area contributed by atoms with E-state index in [-0.39, 0.29) is 12.2 Å². The van der Waals surface area contributed by atoms with Crippen molar-refractivity contribution in [3.05, 3.63) is 0 Å². The summed E-state index contributed by atoms with van der Waals surface area (Å²) in [5.41, 5.74) is 0. The summed E-state index contributed by atoms with van der Waals surface area (Å²) in [7, 11) is 0. The molecule has 2 atom stereocenters. The van der Waals surface area contributed by atoms with Crippen molar-refractivity contribution < 1.29 is 4.79 Å². The van der Waals surface area contributed by atoms with Gasteiger partial charge in [-0.2, -0.15) is 0 Å². The molecule has 0 spiro atoms. The molecule has 2 unspecified atom stereocenters. The Hall–Kier alpha value is -0.570. The van der Waals surface area contributed by atoms with E-state index < -0.39 is 0 Å². The topological polar surface area (TPSA) is 32.3 Å². The number of nitrogens with zero attached hydrogens (tertiary/aromatic N) is 1. The summed E-state index contributed by atoms with van der Waals surface area (Å²) in [6.07, 6.45) is 7.63. The zero-order valence-electron chi connectivity index (χ0n) is 10.5. The largest absolute Gasteiger partial charge is 0.326 e. The van der Waals surface area contributed by atoms with E-state index in [4.69, 9.17) is 0 Å². The first-order chi connectivity index (χ1) is 7.72. The molecule has 1 aliphatic carbocycles. The summed E-state index contributed by atoms with van der Waals surface area (Å²) in [6, 6.07) is 0.0846. The van der Waals surface area contributed by atoms with Crippen LogP contribution in [0.3, 0.4) is 0 Å². The summed E-state index contributed by atoms with van der Waals surface area (Å²) in [6.45, 7) is 5.23. The van der Waals surface area contributed by atoms with Gasteiger partial charge in [-0.1, -0.05) is 26.2 Å². The molecule has 2 rings (SSSR count). The number of rotatable bonds is 4. The Bertz CT molecular complexity index is 248. The highest BCUT2D eigenvalue weighted by Gasteiger charge is 2.36. The minimum Gasteiger partial charge on any atom is -0.326 e. The van der Waals surface area contributed by atoms with Crippen LogP contribution in [0.2, 0.25) is 0 Å². The molecule has 16 heavy (non-hydrogen) atoms. The van der Waals surface area contributed by atoms with Gasteiger partial charge in [-0.15, -0.1) is 0 Å². The van der Waals surface area contributed by atoms with Gasteiger partial charge in [0.25, 0.3) is 0 Å². The fourth-order valence-corrected chi connectivity index (χ4v) is 3.06. The minimum absolute atomic E-state index is 0.0846. The molecule has 1 aliphatic heterocycles. The van der Waals surface area contributed by atoms with Crippen LogP contribution < -0.4 is 5.32 Å². The van der Waals surface area contributed by atoms with E-state index >= 15 is 0 Å². The van der Waals surface area contributed by atoms with Crippen molar-refractivity contribution in [3.8, 4) is 0 Å². The van der Waals surface area contributed by atoms with Gasteiger partial charge in [0.1, 0.15) is 0 Å². The lowest BCUT2D eigenvalue weighted by Gasteiger charge is -2.24. The Morgan fingerprint density at radius 1 is 1.38 bits per heavy atom. The first-order valence-electron chi connectivity index (χ1n) is 6.79. The third-order valence-electron chi connectivity index (χ3n) is 4.00. The summed E-state index contributed by atoms with van der Waals surface area (Å²) in [5.74, 6) is 1.09. The maximum absolute atomic E-state index is 12.2. The molecule has 92 valence electrons. The van der Waals surface area contributed by atoms with Crippen molar-refractivity contribution in [3.63, 3.8) is 0 Å². The van der Waals surface area contributed by atoms with E-state index in [1.165, 1.54) is 25.7 Å². The van der Waals surface area contributed by atoms with Crippen molar-refractivity contribution in [2.45, 2.75) is 64.6 Å². The Balaban J connectivity index is 1.90. The second-order valence-corrected chi connectivity index (χ2v) is 5.32. The van der Waals surface area contributed by atoms with Crippen LogP contribution in [0, 0.1) is 5.92 Å². The summed E-state index contributed by atoms with van der Waals surface area (Å²) < 4.78 is 0. The molecular weight excluding hydrogens is 200 g/mol. The van der Waals surface area contributed by atoms with E-state index in [1.54, 1.807) is 0 Å². The Kier molecular flexibility index (Phi) is 3.85. The van der Waals surface area contributed by atoms with Gasteiger partial charge >= 0.3 is 0 Å². The molecule has 2 fully saturated rings. The maximum Gasteiger partial charge on any atom is 0.241 e. The zero-order valence-corrected chi connectivity index (χ0v) is 10.5. The highest BCUT2D eigenvalue weighted by molar-refractivity contribution is 5.84. The lowest BCUT2D eigenvalue weighted by atomic mass is 10.1. The molecule has 2 aliphatic rings. The van der Waals surface area contributed by atoms with Crippen LogP contribution in [0.25, 0.3) is 0 Å². The average molecular weight is 224 g/mol. The number of hydrogen-bond donors (Lipinski definition) is 1. The highest BCUT2D eigenvalue weighted by Crippen LogP contribution is 2.27. The van der Waals surface area contributed by atoms with Crippen molar-refractivity contribution in [2.75, 3.05) is 6.54 Å². The molecule has 0 aromatic carbocycles. The Morgan fingerprint density at radius 2 is 2.06 bits per heavy atom. The third kappa shape index (κ3) is 2.40. The van der Waals surface area contributed by atoms with Crippen LogP contribution in [0.4, 0.5) is 0 Å². The minimum atomic E-state index is 0.0846. The standard InChI is InChI=1S/C13H24N2O/c1-3-6-12-13(16)15(10(2)14-12)9-11-7-4-5-8-11/h10-12,14H,3-9H2,1-2H3. The van der Waals surface area contributed by atoms with Gasteiger partial charge in [0.2, 0.25) is 5.91 Å². The molecule has 3 heteroatoms. The normalized spacial score (nSPS) is 31.6.